The van der Waals surface area contributed by atoms with Crippen LogP contribution >= 0.6 is 35.3 Å². The van der Waals surface area contributed by atoms with Crippen molar-refractivity contribution in [2.45, 2.75) is 53.1 Å². The zero-order valence-electron chi connectivity index (χ0n) is 18.9. The Morgan fingerprint density at radius 3 is 2.53 bits per heavy atom. The Hall–Kier alpha value is -1.39. The fraction of sp³-hybridized carbons (Fsp3) is 0.545. The van der Waals surface area contributed by atoms with E-state index in [0.717, 1.165) is 28.0 Å². The molecule has 1 heterocycles. The average molecular weight is 547 g/mol. The Balaban J connectivity index is 0.00000450. The van der Waals surface area contributed by atoms with E-state index in [2.05, 4.69) is 66.9 Å². The van der Waals surface area contributed by atoms with E-state index in [4.69, 9.17) is 14.5 Å². The van der Waals surface area contributed by atoms with Crippen LogP contribution in [-0.2, 0) is 23.2 Å². The minimum absolute atomic E-state index is 0. The first kappa shape index (κ1) is 26.6. The van der Waals surface area contributed by atoms with Gasteiger partial charge in [0.2, 0.25) is 0 Å². The number of aliphatic imine (C=N–C) groups is 1. The van der Waals surface area contributed by atoms with E-state index in [9.17, 15) is 0 Å². The van der Waals surface area contributed by atoms with Crippen molar-refractivity contribution in [1.29, 1.82) is 0 Å². The van der Waals surface area contributed by atoms with Crippen LogP contribution in [0.25, 0.3) is 0 Å². The fourth-order valence-corrected chi connectivity index (χ4v) is 3.55. The van der Waals surface area contributed by atoms with E-state index in [1.165, 1.54) is 5.56 Å². The molecule has 0 fully saturated rings. The molecule has 0 saturated heterocycles. The van der Waals surface area contributed by atoms with Crippen molar-refractivity contribution in [3.63, 3.8) is 0 Å². The van der Waals surface area contributed by atoms with Gasteiger partial charge in [0.15, 0.2) is 5.96 Å². The van der Waals surface area contributed by atoms with E-state index < -0.39 is 0 Å². The summed E-state index contributed by atoms with van der Waals surface area (Å²) < 4.78 is 11.3. The third kappa shape index (κ3) is 8.77. The summed E-state index contributed by atoms with van der Waals surface area (Å²) >= 11 is 1.67. The molecule has 0 spiro atoms. The molecule has 0 radical (unpaired) electrons. The second-order valence-corrected chi connectivity index (χ2v) is 8.76. The van der Waals surface area contributed by atoms with Crippen LogP contribution in [0.15, 0.2) is 28.6 Å². The molecule has 1 aromatic heterocycles. The maximum Gasteiger partial charge on any atom is 0.191 e. The van der Waals surface area contributed by atoms with Gasteiger partial charge in [0, 0.05) is 36.6 Å². The number of aromatic nitrogens is 1. The molecular formula is C22H35IN4O2S. The number of thiazole rings is 1. The van der Waals surface area contributed by atoms with Gasteiger partial charge in [-0.1, -0.05) is 32.9 Å². The molecule has 1 aromatic carbocycles. The van der Waals surface area contributed by atoms with Crippen molar-refractivity contribution in [3.8, 4) is 5.75 Å². The monoisotopic (exact) mass is 546 g/mol. The van der Waals surface area contributed by atoms with Gasteiger partial charge in [-0.3, -0.25) is 4.99 Å². The topological polar surface area (TPSA) is 67.8 Å². The molecule has 0 aliphatic carbocycles. The van der Waals surface area contributed by atoms with Crippen LogP contribution in [0, 0.1) is 6.92 Å². The van der Waals surface area contributed by atoms with Crippen LogP contribution in [0.4, 0.5) is 0 Å². The van der Waals surface area contributed by atoms with Gasteiger partial charge in [0.1, 0.15) is 17.4 Å². The second-order valence-electron chi connectivity index (χ2n) is 7.81. The number of halogens is 1. The molecule has 8 heteroatoms. The smallest absolute Gasteiger partial charge is 0.191 e. The molecule has 30 heavy (non-hydrogen) atoms. The SMILES string of the molecule is CCOCCOc1cc(C)ccc1CNC(=NC)NCc1nc(C(C)(C)C)cs1.I. The van der Waals surface area contributed by atoms with Gasteiger partial charge in [-0.15, -0.1) is 35.3 Å². The highest BCUT2D eigenvalue weighted by Gasteiger charge is 2.17. The van der Waals surface area contributed by atoms with Gasteiger partial charge in [-0.2, -0.15) is 0 Å². The minimum Gasteiger partial charge on any atom is -0.491 e. The molecule has 168 valence electrons. The standard InChI is InChI=1S/C22H34N4O2S.HI/c1-7-27-10-11-28-18-12-16(2)8-9-17(18)13-24-21(23-6)25-14-20-26-19(15-29-20)22(3,4)5;/h8-9,12,15H,7,10-11,13-14H2,1-6H3,(H2,23,24,25);1H. The molecule has 2 rings (SSSR count). The molecule has 2 N–H and O–H groups in total. The molecule has 0 bridgehead atoms. The summed E-state index contributed by atoms with van der Waals surface area (Å²) in [7, 11) is 1.77. The first-order chi connectivity index (χ1) is 13.8. The summed E-state index contributed by atoms with van der Waals surface area (Å²) in [6.45, 7) is 13.7. The molecule has 2 aromatic rings. The van der Waals surface area contributed by atoms with Gasteiger partial charge in [-0.25, -0.2) is 4.98 Å². The van der Waals surface area contributed by atoms with E-state index >= 15 is 0 Å². The van der Waals surface area contributed by atoms with Gasteiger partial charge in [0.25, 0.3) is 0 Å². The Kier molecular flexibility index (Phi) is 11.6. The fourth-order valence-electron chi connectivity index (χ4n) is 2.59. The summed E-state index contributed by atoms with van der Waals surface area (Å²) in [4.78, 5) is 9.04. The summed E-state index contributed by atoms with van der Waals surface area (Å²) in [6.07, 6.45) is 0. The van der Waals surface area contributed by atoms with E-state index in [0.29, 0.717) is 32.9 Å². The molecular weight excluding hydrogens is 511 g/mol. The quantitative estimate of drug-likeness (QED) is 0.208. The number of hydrogen-bond donors (Lipinski definition) is 2. The highest BCUT2D eigenvalue weighted by atomic mass is 127. The normalized spacial score (nSPS) is 11.7. The van der Waals surface area contributed by atoms with Crippen LogP contribution in [0.2, 0.25) is 0 Å². The predicted octanol–water partition coefficient (Wildman–Crippen LogP) is 4.65. The molecule has 0 aliphatic rings. The highest BCUT2D eigenvalue weighted by Crippen LogP contribution is 2.24. The largest absolute Gasteiger partial charge is 0.491 e. The number of rotatable bonds is 9. The zero-order chi connectivity index (χ0) is 21.3. The van der Waals surface area contributed by atoms with Crippen LogP contribution < -0.4 is 15.4 Å². The average Bonchev–Trinajstić information content (AvgIpc) is 3.16. The maximum atomic E-state index is 5.92. The van der Waals surface area contributed by atoms with Crippen molar-refractivity contribution in [2.75, 3.05) is 26.9 Å². The van der Waals surface area contributed by atoms with Crippen molar-refractivity contribution in [2.24, 2.45) is 4.99 Å². The van der Waals surface area contributed by atoms with Crippen LogP contribution in [-0.4, -0.2) is 37.8 Å². The van der Waals surface area contributed by atoms with Crippen molar-refractivity contribution in [3.05, 3.63) is 45.4 Å². The summed E-state index contributed by atoms with van der Waals surface area (Å²) in [5, 5.41) is 9.88. The third-order valence-electron chi connectivity index (χ3n) is 4.31. The molecule has 0 unspecified atom stereocenters. The summed E-state index contributed by atoms with van der Waals surface area (Å²) in [5.74, 6) is 1.61. The van der Waals surface area contributed by atoms with Gasteiger partial charge in [-0.05, 0) is 25.5 Å². The lowest BCUT2D eigenvalue weighted by Gasteiger charge is -2.15. The van der Waals surface area contributed by atoms with Gasteiger partial charge in [0.05, 0.1) is 18.8 Å². The lowest BCUT2D eigenvalue weighted by atomic mass is 9.93. The first-order valence-electron chi connectivity index (χ1n) is 10.0. The Morgan fingerprint density at radius 2 is 1.90 bits per heavy atom. The molecule has 6 nitrogen and oxygen atoms in total. The number of aryl methyl sites for hydroxylation is 1. The lowest BCUT2D eigenvalue weighted by Crippen LogP contribution is -2.36. The van der Waals surface area contributed by atoms with Crippen molar-refractivity contribution < 1.29 is 9.47 Å². The molecule has 0 saturated carbocycles. The number of nitrogens with one attached hydrogen (secondary N) is 2. The van der Waals surface area contributed by atoms with Crippen LogP contribution in [0.3, 0.4) is 0 Å². The Bertz CT molecular complexity index is 803. The summed E-state index contributed by atoms with van der Waals surface area (Å²) in [5.41, 5.74) is 3.44. The number of hydrogen-bond acceptors (Lipinski definition) is 5. The number of guanidine groups is 1. The van der Waals surface area contributed by atoms with Crippen LogP contribution in [0.5, 0.6) is 5.75 Å². The van der Waals surface area contributed by atoms with Crippen molar-refractivity contribution >= 4 is 41.3 Å². The number of ether oxygens (including phenoxy) is 2. The first-order valence-corrected chi connectivity index (χ1v) is 10.9. The van der Waals surface area contributed by atoms with Crippen LogP contribution in [0.1, 0.15) is 49.5 Å². The van der Waals surface area contributed by atoms with E-state index in [1.54, 1.807) is 18.4 Å². The molecule has 0 atom stereocenters. The maximum absolute atomic E-state index is 5.92. The Labute approximate surface area is 201 Å². The Morgan fingerprint density at radius 1 is 1.17 bits per heavy atom. The zero-order valence-corrected chi connectivity index (χ0v) is 22.0. The van der Waals surface area contributed by atoms with Gasteiger partial charge >= 0.3 is 0 Å². The second kappa shape index (κ2) is 13.1. The number of benzene rings is 1. The van der Waals surface area contributed by atoms with E-state index in [1.807, 2.05) is 6.92 Å². The highest BCUT2D eigenvalue weighted by molar-refractivity contribution is 14.0. The minimum atomic E-state index is 0. The predicted molar refractivity (Wildman–Crippen MR) is 136 cm³/mol. The molecule has 0 aliphatic heterocycles. The summed E-state index contributed by atoms with van der Waals surface area (Å²) in [6, 6.07) is 6.23. The lowest BCUT2D eigenvalue weighted by molar-refractivity contribution is 0.110. The third-order valence-corrected chi connectivity index (χ3v) is 5.16. The molecule has 0 amide bonds. The number of nitrogens with zero attached hydrogens (tertiary/aromatic N) is 2. The van der Waals surface area contributed by atoms with Crippen molar-refractivity contribution in [1.82, 2.24) is 15.6 Å². The van der Waals surface area contributed by atoms with Gasteiger partial charge < -0.3 is 20.1 Å². The van der Waals surface area contributed by atoms with E-state index in [-0.39, 0.29) is 29.4 Å².